The van der Waals surface area contributed by atoms with Gasteiger partial charge >= 0.3 is 0 Å². The molecule has 25 heavy (non-hydrogen) atoms. The Morgan fingerprint density at radius 3 is 2.60 bits per heavy atom. The van der Waals surface area contributed by atoms with E-state index < -0.39 is 0 Å². The molecule has 1 N–H and O–H groups in total. The second-order valence-corrected chi connectivity index (χ2v) is 7.29. The van der Waals surface area contributed by atoms with E-state index >= 15 is 0 Å². The highest BCUT2D eigenvalue weighted by atomic mass is 35.5. The Morgan fingerprint density at radius 2 is 1.92 bits per heavy atom. The van der Waals surface area contributed by atoms with Crippen molar-refractivity contribution in [3.8, 4) is 11.4 Å². The number of hydrogen-bond donors (Lipinski definition) is 1. The number of piperidine rings is 1. The average Bonchev–Trinajstić information content (AvgIpc) is 3.32. The molecule has 1 amide bonds. The molecule has 1 saturated carbocycles. The van der Waals surface area contributed by atoms with Crippen LogP contribution in [0.15, 0.2) is 28.8 Å². The van der Waals surface area contributed by atoms with Gasteiger partial charge in [-0.1, -0.05) is 16.8 Å². The van der Waals surface area contributed by atoms with Crippen LogP contribution in [0.5, 0.6) is 0 Å². The Kier molecular flexibility index (Phi) is 4.72. The lowest BCUT2D eigenvalue weighted by molar-refractivity contribution is -0.126. The van der Waals surface area contributed by atoms with Crippen LogP contribution in [-0.4, -0.2) is 40.1 Å². The third-order valence-corrected chi connectivity index (χ3v) is 5.06. The predicted octanol–water partition coefficient (Wildman–Crippen LogP) is 2.88. The molecule has 1 aromatic carbocycles. The van der Waals surface area contributed by atoms with Gasteiger partial charge in [-0.05, 0) is 63.0 Å². The molecular formula is C18H21ClN4O2. The van der Waals surface area contributed by atoms with Gasteiger partial charge in [0.2, 0.25) is 17.6 Å². The number of nitrogens with zero attached hydrogens (tertiary/aromatic N) is 3. The Hall–Kier alpha value is -1.92. The number of benzene rings is 1. The molecule has 7 heteroatoms. The number of aromatic nitrogens is 2. The minimum Gasteiger partial charge on any atom is -0.353 e. The fourth-order valence-corrected chi connectivity index (χ4v) is 3.25. The van der Waals surface area contributed by atoms with Gasteiger partial charge in [0, 0.05) is 22.5 Å². The molecule has 0 radical (unpaired) electrons. The second kappa shape index (κ2) is 7.14. The maximum Gasteiger partial charge on any atom is 0.241 e. The first-order valence-corrected chi connectivity index (χ1v) is 9.16. The molecule has 6 nitrogen and oxygen atoms in total. The Labute approximate surface area is 151 Å². The van der Waals surface area contributed by atoms with Gasteiger partial charge in [-0.15, -0.1) is 0 Å². The van der Waals surface area contributed by atoms with E-state index in [1.165, 1.54) is 0 Å². The maximum atomic E-state index is 12.1. The monoisotopic (exact) mass is 360 g/mol. The summed E-state index contributed by atoms with van der Waals surface area (Å²) in [6.45, 7) is 2.38. The summed E-state index contributed by atoms with van der Waals surface area (Å²) >= 11 is 5.90. The summed E-state index contributed by atoms with van der Waals surface area (Å²) in [6, 6.07) is 7.81. The highest BCUT2D eigenvalue weighted by Crippen LogP contribution is 2.24. The lowest BCUT2D eigenvalue weighted by Crippen LogP contribution is -2.40. The van der Waals surface area contributed by atoms with Gasteiger partial charge in [0.15, 0.2) is 0 Å². The van der Waals surface area contributed by atoms with E-state index in [2.05, 4.69) is 20.4 Å². The van der Waals surface area contributed by atoms with E-state index in [0.29, 0.717) is 29.3 Å². The summed E-state index contributed by atoms with van der Waals surface area (Å²) in [5.74, 6) is 1.55. The van der Waals surface area contributed by atoms with Crippen LogP contribution >= 0.6 is 11.6 Å². The van der Waals surface area contributed by atoms with Crippen LogP contribution < -0.4 is 5.32 Å². The zero-order valence-electron chi connectivity index (χ0n) is 13.9. The van der Waals surface area contributed by atoms with Crippen molar-refractivity contribution >= 4 is 17.5 Å². The molecule has 0 bridgehead atoms. The number of amides is 1. The van der Waals surface area contributed by atoms with Gasteiger partial charge in [0.1, 0.15) is 0 Å². The van der Waals surface area contributed by atoms with Crippen molar-refractivity contribution in [2.75, 3.05) is 13.1 Å². The van der Waals surface area contributed by atoms with E-state index in [0.717, 1.165) is 44.3 Å². The van der Waals surface area contributed by atoms with E-state index in [1.54, 1.807) is 0 Å². The molecule has 1 aromatic heterocycles. The zero-order chi connectivity index (χ0) is 17.2. The van der Waals surface area contributed by atoms with Crippen LogP contribution in [0.4, 0.5) is 0 Å². The summed E-state index contributed by atoms with van der Waals surface area (Å²) in [6.07, 6.45) is 4.04. The normalized spacial score (nSPS) is 19.1. The van der Waals surface area contributed by atoms with Crippen molar-refractivity contribution in [2.24, 2.45) is 5.92 Å². The maximum absolute atomic E-state index is 12.1. The molecule has 2 aliphatic rings. The second-order valence-electron chi connectivity index (χ2n) is 6.85. The van der Waals surface area contributed by atoms with Crippen molar-refractivity contribution in [3.05, 3.63) is 35.2 Å². The molecule has 2 aromatic rings. The minimum atomic E-state index is 0.143. The number of carbonyl (C=O) groups is 1. The van der Waals surface area contributed by atoms with Crippen LogP contribution in [0.3, 0.4) is 0 Å². The van der Waals surface area contributed by atoms with E-state index in [4.69, 9.17) is 16.1 Å². The highest BCUT2D eigenvalue weighted by Gasteiger charge is 2.30. The van der Waals surface area contributed by atoms with Crippen LogP contribution in [0.1, 0.15) is 31.6 Å². The Morgan fingerprint density at radius 1 is 1.20 bits per heavy atom. The third kappa shape index (κ3) is 4.19. The Balaban J connectivity index is 1.30. The first-order valence-electron chi connectivity index (χ1n) is 8.78. The van der Waals surface area contributed by atoms with Crippen molar-refractivity contribution in [1.29, 1.82) is 0 Å². The number of nitrogens with one attached hydrogen (secondary N) is 1. The van der Waals surface area contributed by atoms with Gasteiger partial charge in [0.05, 0.1) is 6.54 Å². The first kappa shape index (κ1) is 16.5. The van der Waals surface area contributed by atoms with Gasteiger partial charge < -0.3 is 9.84 Å². The topological polar surface area (TPSA) is 71.3 Å². The molecule has 0 spiro atoms. The standard InChI is InChI=1S/C18H21ClN4O2/c19-14-3-1-12(2-4-14)17-21-16(25-22-17)11-23-9-7-13(8-10-23)18(24)20-15-5-6-15/h1-4,13,15H,5-11H2,(H,20,24). The van der Waals surface area contributed by atoms with Crippen molar-refractivity contribution in [2.45, 2.75) is 38.3 Å². The average molecular weight is 361 g/mol. The lowest BCUT2D eigenvalue weighted by atomic mass is 9.96. The minimum absolute atomic E-state index is 0.143. The molecule has 1 aliphatic heterocycles. The van der Waals surface area contributed by atoms with Gasteiger partial charge in [-0.2, -0.15) is 4.98 Å². The predicted molar refractivity (Wildman–Crippen MR) is 93.9 cm³/mol. The summed E-state index contributed by atoms with van der Waals surface area (Å²) < 4.78 is 5.37. The number of halogens is 1. The molecule has 0 atom stereocenters. The molecular weight excluding hydrogens is 340 g/mol. The fraction of sp³-hybridized carbons (Fsp3) is 0.500. The number of rotatable bonds is 5. The molecule has 2 heterocycles. The summed E-state index contributed by atoms with van der Waals surface area (Å²) in [5, 5.41) is 7.83. The molecule has 1 aliphatic carbocycles. The zero-order valence-corrected chi connectivity index (χ0v) is 14.7. The van der Waals surface area contributed by atoms with Crippen LogP contribution in [0, 0.1) is 5.92 Å². The van der Waals surface area contributed by atoms with Gasteiger partial charge in [-0.25, -0.2) is 0 Å². The molecule has 0 unspecified atom stereocenters. The SMILES string of the molecule is O=C(NC1CC1)C1CCN(Cc2nc(-c3ccc(Cl)cc3)no2)CC1. The van der Waals surface area contributed by atoms with Gasteiger partial charge in [0.25, 0.3) is 0 Å². The van der Waals surface area contributed by atoms with E-state index in [1.807, 2.05) is 24.3 Å². The summed E-state index contributed by atoms with van der Waals surface area (Å²) in [5.41, 5.74) is 0.884. The largest absolute Gasteiger partial charge is 0.353 e. The fourth-order valence-electron chi connectivity index (χ4n) is 3.13. The van der Waals surface area contributed by atoms with Crippen molar-refractivity contribution in [3.63, 3.8) is 0 Å². The molecule has 2 fully saturated rings. The smallest absolute Gasteiger partial charge is 0.241 e. The number of likely N-dealkylation sites (tertiary alicyclic amines) is 1. The van der Waals surface area contributed by atoms with E-state index in [9.17, 15) is 4.79 Å². The number of carbonyl (C=O) groups excluding carboxylic acids is 1. The van der Waals surface area contributed by atoms with Crippen LogP contribution in [-0.2, 0) is 11.3 Å². The number of hydrogen-bond acceptors (Lipinski definition) is 5. The van der Waals surface area contributed by atoms with Crippen LogP contribution in [0.2, 0.25) is 5.02 Å². The molecule has 4 rings (SSSR count). The quantitative estimate of drug-likeness (QED) is 0.887. The van der Waals surface area contributed by atoms with Crippen molar-refractivity contribution < 1.29 is 9.32 Å². The molecule has 1 saturated heterocycles. The van der Waals surface area contributed by atoms with Gasteiger partial charge in [-0.3, -0.25) is 9.69 Å². The first-order chi connectivity index (χ1) is 12.2. The summed E-state index contributed by atoms with van der Waals surface area (Å²) in [7, 11) is 0. The van der Waals surface area contributed by atoms with Crippen LogP contribution in [0.25, 0.3) is 11.4 Å². The van der Waals surface area contributed by atoms with E-state index in [-0.39, 0.29) is 11.8 Å². The lowest BCUT2D eigenvalue weighted by Gasteiger charge is -2.30. The highest BCUT2D eigenvalue weighted by molar-refractivity contribution is 6.30. The summed E-state index contributed by atoms with van der Waals surface area (Å²) in [4.78, 5) is 18.8. The molecule has 132 valence electrons. The third-order valence-electron chi connectivity index (χ3n) is 4.81. The van der Waals surface area contributed by atoms with Crippen molar-refractivity contribution in [1.82, 2.24) is 20.4 Å². The Bertz CT molecular complexity index is 734.